The largest absolute Gasteiger partial charge is 0.315 e. The lowest BCUT2D eigenvalue weighted by atomic mass is 9.88. The normalized spacial score (nSPS) is 22.3. The van der Waals surface area contributed by atoms with Crippen LogP contribution in [0.5, 0.6) is 0 Å². The average Bonchev–Trinajstić information content (AvgIpc) is 2.31. The SMILES string of the molecule is CCC(NC)C(C)N(C)CC1CCCCC1. The van der Waals surface area contributed by atoms with Crippen molar-refractivity contribution >= 4 is 0 Å². The minimum absolute atomic E-state index is 0.633. The molecule has 0 saturated heterocycles. The first-order chi connectivity index (χ1) is 7.69. The van der Waals surface area contributed by atoms with Crippen LogP contribution in [-0.2, 0) is 0 Å². The zero-order chi connectivity index (χ0) is 12.0. The number of rotatable bonds is 6. The first kappa shape index (κ1) is 14.0. The second kappa shape index (κ2) is 7.29. The van der Waals surface area contributed by atoms with Crippen molar-refractivity contribution in [1.29, 1.82) is 0 Å². The zero-order valence-corrected chi connectivity index (χ0v) is 11.6. The third-order valence-electron chi connectivity index (χ3n) is 4.36. The van der Waals surface area contributed by atoms with Crippen LogP contribution in [0.3, 0.4) is 0 Å². The van der Waals surface area contributed by atoms with E-state index in [-0.39, 0.29) is 0 Å². The van der Waals surface area contributed by atoms with Gasteiger partial charge in [0.25, 0.3) is 0 Å². The molecule has 1 N–H and O–H groups in total. The van der Waals surface area contributed by atoms with Crippen LogP contribution >= 0.6 is 0 Å². The highest BCUT2D eigenvalue weighted by Gasteiger charge is 2.21. The molecule has 96 valence electrons. The second-order valence-corrected chi connectivity index (χ2v) is 5.49. The van der Waals surface area contributed by atoms with E-state index in [1.54, 1.807) is 0 Å². The van der Waals surface area contributed by atoms with E-state index in [0.717, 1.165) is 5.92 Å². The molecule has 0 bridgehead atoms. The summed E-state index contributed by atoms with van der Waals surface area (Å²) in [5.74, 6) is 0.954. The van der Waals surface area contributed by atoms with Crippen molar-refractivity contribution in [3.8, 4) is 0 Å². The molecule has 2 unspecified atom stereocenters. The molecular weight excluding hydrogens is 196 g/mol. The lowest BCUT2D eigenvalue weighted by molar-refractivity contribution is 0.162. The van der Waals surface area contributed by atoms with Gasteiger partial charge in [0.2, 0.25) is 0 Å². The monoisotopic (exact) mass is 226 g/mol. The molecule has 16 heavy (non-hydrogen) atoms. The summed E-state index contributed by atoms with van der Waals surface area (Å²) in [5.41, 5.74) is 0. The van der Waals surface area contributed by atoms with E-state index in [2.05, 4.69) is 38.2 Å². The molecule has 0 aromatic heterocycles. The molecule has 0 heterocycles. The molecule has 0 aromatic rings. The Balaban J connectivity index is 2.34. The van der Waals surface area contributed by atoms with Gasteiger partial charge in [0.1, 0.15) is 0 Å². The Hall–Kier alpha value is -0.0800. The van der Waals surface area contributed by atoms with Gasteiger partial charge >= 0.3 is 0 Å². The van der Waals surface area contributed by atoms with Gasteiger partial charge in [-0.15, -0.1) is 0 Å². The molecule has 2 heteroatoms. The van der Waals surface area contributed by atoms with Crippen LogP contribution in [0, 0.1) is 5.92 Å². The standard InChI is InChI=1S/C14H30N2/c1-5-14(15-3)12(2)16(4)11-13-9-7-6-8-10-13/h12-15H,5-11H2,1-4H3. The number of nitrogens with zero attached hydrogens (tertiary/aromatic N) is 1. The van der Waals surface area contributed by atoms with Crippen molar-refractivity contribution in [3.05, 3.63) is 0 Å². The maximum absolute atomic E-state index is 3.43. The minimum Gasteiger partial charge on any atom is -0.315 e. The van der Waals surface area contributed by atoms with Crippen LogP contribution in [0.4, 0.5) is 0 Å². The average molecular weight is 226 g/mol. The summed E-state index contributed by atoms with van der Waals surface area (Å²) in [6, 6.07) is 1.28. The number of nitrogens with one attached hydrogen (secondary N) is 1. The Morgan fingerprint density at radius 3 is 2.38 bits per heavy atom. The van der Waals surface area contributed by atoms with Gasteiger partial charge in [0.15, 0.2) is 0 Å². The van der Waals surface area contributed by atoms with E-state index < -0.39 is 0 Å². The van der Waals surface area contributed by atoms with Crippen LogP contribution in [0.15, 0.2) is 0 Å². The summed E-state index contributed by atoms with van der Waals surface area (Å²) in [6.45, 7) is 5.92. The Morgan fingerprint density at radius 2 is 1.88 bits per heavy atom. The molecule has 2 atom stereocenters. The second-order valence-electron chi connectivity index (χ2n) is 5.49. The van der Waals surface area contributed by atoms with Crippen molar-refractivity contribution in [2.24, 2.45) is 5.92 Å². The highest BCUT2D eigenvalue weighted by Crippen LogP contribution is 2.24. The fourth-order valence-electron chi connectivity index (χ4n) is 3.04. The molecule has 0 spiro atoms. The smallest absolute Gasteiger partial charge is 0.0217 e. The summed E-state index contributed by atoms with van der Waals surface area (Å²) in [6.07, 6.45) is 8.49. The molecule has 1 aliphatic carbocycles. The maximum atomic E-state index is 3.43. The summed E-state index contributed by atoms with van der Waals surface area (Å²) in [5, 5.41) is 3.43. The van der Waals surface area contributed by atoms with Crippen molar-refractivity contribution in [1.82, 2.24) is 10.2 Å². The van der Waals surface area contributed by atoms with Gasteiger partial charge in [-0.05, 0) is 46.2 Å². The zero-order valence-electron chi connectivity index (χ0n) is 11.6. The number of likely N-dealkylation sites (N-methyl/N-ethyl adjacent to an activating group) is 2. The van der Waals surface area contributed by atoms with Gasteiger partial charge < -0.3 is 10.2 Å². The topological polar surface area (TPSA) is 15.3 Å². The maximum Gasteiger partial charge on any atom is 0.0217 e. The molecule has 0 aromatic carbocycles. The summed E-state index contributed by atoms with van der Waals surface area (Å²) in [7, 11) is 4.37. The molecule has 0 radical (unpaired) electrons. The summed E-state index contributed by atoms with van der Waals surface area (Å²) in [4.78, 5) is 2.56. The molecule has 2 nitrogen and oxygen atoms in total. The fourth-order valence-corrected chi connectivity index (χ4v) is 3.04. The van der Waals surface area contributed by atoms with Crippen molar-refractivity contribution in [2.75, 3.05) is 20.6 Å². The van der Waals surface area contributed by atoms with Gasteiger partial charge in [-0.25, -0.2) is 0 Å². The molecule has 1 saturated carbocycles. The molecular formula is C14H30N2. The van der Waals surface area contributed by atoms with Gasteiger partial charge in [0, 0.05) is 18.6 Å². The van der Waals surface area contributed by atoms with Crippen LogP contribution in [0.1, 0.15) is 52.4 Å². The van der Waals surface area contributed by atoms with Crippen LogP contribution in [0.25, 0.3) is 0 Å². The highest BCUT2D eigenvalue weighted by molar-refractivity contribution is 4.79. The van der Waals surface area contributed by atoms with E-state index in [0.29, 0.717) is 12.1 Å². The van der Waals surface area contributed by atoms with Gasteiger partial charge in [-0.2, -0.15) is 0 Å². The molecule has 1 rings (SSSR count). The van der Waals surface area contributed by atoms with E-state index in [4.69, 9.17) is 0 Å². The van der Waals surface area contributed by atoms with Gasteiger partial charge in [0.05, 0.1) is 0 Å². The van der Waals surface area contributed by atoms with Crippen molar-refractivity contribution in [2.45, 2.75) is 64.5 Å². The Bertz CT molecular complexity index is 172. The fraction of sp³-hybridized carbons (Fsp3) is 1.00. The third kappa shape index (κ3) is 4.06. The number of hydrogen-bond acceptors (Lipinski definition) is 2. The molecule has 1 fully saturated rings. The van der Waals surface area contributed by atoms with E-state index in [1.165, 1.54) is 45.1 Å². The highest BCUT2D eigenvalue weighted by atomic mass is 15.2. The Morgan fingerprint density at radius 1 is 1.25 bits per heavy atom. The van der Waals surface area contributed by atoms with Gasteiger partial charge in [-0.1, -0.05) is 26.2 Å². The molecule has 1 aliphatic rings. The summed E-state index contributed by atoms with van der Waals surface area (Å²) >= 11 is 0. The lowest BCUT2D eigenvalue weighted by Gasteiger charge is -2.35. The van der Waals surface area contributed by atoms with E-state index in [9.17, 15) is 0 Å². The van der Waals surface area contributed by atoms with E-state index >= 15 is 0 Å². The Labute approximate surface area is 102 Å². The minimum atomic E-state index is 0.633. The first-order valence-corrected chi connectivity index (χ1v) is 7.06. The Kier molecular flexibility index (Phi) is 6.37. The first-order valence-electron chi connectivity index (χ1n) is 7.06. The van der Waals surface area contributed by atoms with E-state index in [1.807, 2.05) is 0 Å². The third-order valence-corrected chi connectivity index (χ3v) is 4.36. The quantitative estimate of drug-likeness (QED) is 0.749. The summed E-state index contributed by atoms with van der Waals surface area (Å²) < 4.78 is 0. The van der Waals surface area contributed by atoms with Gasteiger partial charge in [-0.3, -0.25) is 0 Å². The number of hydrogen-bond donors (Lipinski definition) is 1. The molecule has 0 amide bonds. The van der Waals surface area contributed by atoms with Crippen LogP contribution < -0.4 is 5.32 Å². The van der Waals surface area contributed by atoms with Crippen LogP contribution in [0.2, 0.25) is 0 Å². The van der Waals surface area contributed by atoms with Crippen molar-refractivity contribution < 1.29 is 0 Å². The molecule has 0 aliphatic heterocycles. The van der Waals surface area contributed by atoms with Crippen LogP contribution in [-0.4, -0.2) is 37.6 Å². The predicted octanol–water partition coefficient (Wildman–Crippen LogP) is 2.89. The lowest BCUT2D eigenvalue weighted by Crippen LogP contribution is -2.46. The van der Waals surface area contributed by atoms with Crippen molar-refractivity contribution in [3.63, 3.8) is 0 Å². The predicted molar refractivity (Wildman–Crippen MR) is 71.8 cm³/mol.